The van der Waals surface area contributed by atoms with Crippen molar-refractivity contribution >= 4 is 23.7 Å². The largest absolute Gasteiger partial charge is 0.460 e. The summed E-state index contributed by atoms with van der Waals surface area (Å²) in [5, 5.41) is 8.39. The van der Waals surface area contributed by atoms with E-state index in [9.17, 15) is 9.18 Å². The second-order valence-electron chi connectivity index (χ2n) is 7.18. The number of rotatable bonds is 8. The van der Waals surface area contributed by atoms with Gasteiger partial charge >= 0.3 is 5.97 Å². The lowest BCUT2D eigenvalue weighted by molar-refractivity contribution is -0.140. The van der Waals surface area contributed by atoms with E-state index in [1.165, 1.54) is 31.0 Å². The molecule has 1 N–H and O–H groups in total. The Morgan fingerprint density at radius 3 is 2.62 bits per heavy atom. The summed E-state index contributed by atoms with van der Waals surface area (Å²) in [6.07, 6.45) is 0. The molecular weight excluding hydrogens is 431 g/mol. The molecule has 4 rings (SSSR count). The summed E-state index contributed by atoms with van der Waals surface area (Å²) < 4.78 is 25.6. The Kier molecular flexibility index (Phi) is 6.87. The van der Waals surface area contributed by atoms with E-state index in [2.05, 4.69) is 15.4 Å². The van der Waals surface area contributed by atoms with Crippen molar-refractivity contribution in [2.45, 2.75) is 23.9 Å². The van der Waals surface area contributed by atoms with E-state index >= 15 is 0 Å². The van der Waals surface area contributed by atoms with Crippen LogP contribution in [0.1, 0.15) is 24.1 Å². The number of nitrogens with zero attached hydrogens (tertiary/aromatic N) is 3. The zero-order chi connectivity index (χ0) is 22.5. The van der Waals surface area contributed by atoms with Gasteiger partial charge in [-0.15, -0.1) is 5.10 Å². The Labute approximate surface area is 189 Å². The zero-order valence-corrected chi connectivity index (χ0v) is 18.6. The Balaban J connectivity index is 1.66. The number of ether oxygens (including phenoxy) is 2. The number of thioether (sulfide) groups is 1. The third-order valence-electron chi connectivity index (χ3n) is 4.97. The van der Waals surface area contributed by atoms with Crippen molar-refractivity contribution in [3.63, 3.8) is 0 Å². The van der Waals surface area contributed by atoms with E-state index in [0.717, 1.165) is 5.56 Å². The van der Waals surface area contributed by atoms with Crippen LogP contribution in [-0.4, -0.2) is 41.1 Å². The predicted octanol–water partition coefficient (Wildman–Crippen LogP) is 4.19. The van der Waals surface area contributed by atoms with Gasteiger partial charge in [0.25, 0.3) is 0 Å². The molecule has 32 heavy (non-hydrogen) atoms. The highest BCUT2D eigenvalue weighted by Crippen LogP contribution is 2.37. The van der Waals surface area contributed by atoms with Gasteiger partial charge in [-0.05, 0) is 30.2 Å². The number of carbonyl (C=O) groups excluding carboxylic acids is 1. The molecular formula is C23H23FN4O3S. The number of fused-ring (bicyclic) bond motifs is 1. The Morgan fingerprint density at radius 2 is 1.91 bits per heavy atom. The number of allylic oxidation sites excluding steroid dienone is 1. The second kappa shape index (κ2) is 9.97. The molecule has 9 heteroatoms. The summed E-state index contributed by atoms with van der Waals surface area (Å²) in [6, 6.07) is 15.5. The molecule has 1 aliphatic rings. The molecule has 0 saturated heterocycles. The highest BCUT2D eigenvalue weighted by molar-refractivity contribution is 7.98. The molecule has 0 fully saturated rings. The molecule has 0 saturated carbocycles. The highest BCUT2D eigenvalue weighted by atomic mass is 32.2. The normalized spacial score (nSPS) is 15.3. The van der Waals surface area contributed by atoms with E-state index in [1.807, 2.05) is 30.3 Å². The summed E-state index contributed by atoms with van der Waals surface area (Å²) in [6.45, 7) is 2.21. The van der Waals surface area contributed by atoms with Gasteiger partial charge in [-0.2, -0.15) is 4.98 Å². The average molecular weight is 455 g/mol. The topological polar surface area (TPSA) is 78.3 Å². The van der Waals surface area contributed by atoms with Crippen LogP contribution in [-0.2, 0) is 20.0 Å². The first kappa shape index (κ1) is 22.0. The maximum Gasteiger partial charge on any atom is 0.338 e. The maximum atomic E-state index is 13.6. The van der Waals surface area contributed by atoms with Crippen molar-refractivity contribution in [3.05, 3.63) is 82.8 Å². The fraction of sp³-hybridized carbons (Fsp3) is 0.261. The number of aromatic nitrogens is 3. The first-order valence-electron chi connectivity index (χ1n) is 10.1. The number of anilines is 1. The van der Waals surface area contributed by atoms with Crippen LogP contribution in [0.4, 0.5) is 10.3 Å². The lowest BCUT2D eigenvalue weighted by Gasteiger charge is -2.28. The van der Waals surface area contributed by atoms with Gasteiger partial charge in [0, 0.05) is 18.6 Å². The van der Waals surface area contributed by atoms with Crippen LogP contribution in [0, 0.1) is 5.82 Å². The van der Waals surface area contributed by atoms with Crippen LogP contribution >= 0.6 is 11.8 Å². The molecule has 2 heterocycles. The van der Waals surface area contributed by atoms with Gasteiger partial charge in [0.2, 0.25) is 11.1 Å². The Bertz CT molecular complexity index is 1120. The zero-order valence-electron chi connectivity index (χ0n) is 17.7. The van der Waals surface area contributed by atoms with Gasteiger partial charge in [0.15, 0.2) is 0 Å². The predicted molar refractivity (Wildman–Crippen MR) is 120 cm³/mol. The molecule has 0 amide bonds. The molecule has 0 bridgehead atoms. The third-order valence-corrected chi connectivity index (χ3v) is 5.88. The Hall–Kier alpha value is -3.17. The molecule has 7 nitrogen and oxygen atoms in total. The lowest BCUT2D eigenvalue weighted by Crippen LogP contribution is -2.30. The van der Waals surface area contributed by atoms with E-state index in [4.69, 9.17) is 9.47 Å². The molecule has 3 aromatic rings. The first-order chi connectivity index (χ1) is 15.6. The van der Waals surface area contributed by atoms with E-state index < -0.39 is 12.0 Å². The molecule has 2 aromatic carbocycles. The van der Waals surface area contributed by atoms with Crippen LogP contribution in [0.15, 0.2) is 71.0 Å². The van der Waals surface area contributed by atoms with Gasteiger partial charge < -0.3 is 14.8 Å². The minimum atomic E-state index is -0.597. The van der Waals surface area contributed by atoms with Crippen molar-refractivity contribution < 1.29 is 18.7 Å². The van der Waals surface area contributed by atoms with Crippen LogP contribution in [0.3, 0.4) is 0 Å². The number of carbonyl (C=O) groups is 1. The summed E-state index contributed by atoms with van der Waals surface area (Å²) in [5.41, 5.74) is 2.87. The van der Waals surface area contributed by atoms with Gasteiger partial charge in [-0.1, -0.05) is 54.2 Å². The number of nitrogens with one attached hydrogen (secondary N) is 1. The number of esters is 1. The standard InChI is InChI=1S/C23H23FN4O3S/c1-15-19(21(29)31-13-12-30-2)20(17-8-10-18(24)11-9-17)28-22(25-15)26-23(27-28)32-14-16-6-4-3-5-7-16/h3-11,20H,12-14H2,1-2H3,(H,25,26,27). The van der Waals surface area contributed by atoms with Crippen molar-refractivity contribution in [1.29, 1.82) is 0 Å². The number of halogens is 1. The number of methoxy groups -OCH3 is 1. The molecule has 0 aliphatic carbocycles. The summed E-state index contributed by atoms with van der Waals surface area (Å²) in [4.78, 5) is 17.5. The SMILES string of the molecule is COCCOC(=O)C1=C(C)Nc2nc(SCc3ccccc3)nn2C1c1ccc(F)cc1. The number of hydrogen-bond acceptors (Lipinski definition) is 7. The highest BCUT2D eigenvalue weighted by Gasteiger charge is 2.35. The van der Waals surface area contributed by atoms with Crippen molar-refractivity contribution in [2.24, 2.45) is 0 Å². The smallest absolute Gasteiger partial charge is 0.338 e. The van der Waals surface area contributed by atoms with Crippen LogP contribution in [0.5, 0.6) is 0 Å². The molecule has 1 unspecified atom stereocenters. The molecule has 1 aromatic heterocycles. The fourth-order valence-corrected chi connectivity index (χ4v) is 4.21. The summed E-state index contributed by atoms with van der Waals surface area (Å²) >= 11 is 1.50. The number of hydrogen-bond donors (Lipinski definition) is 1. The lowest BCUT2D eigenvalue weighted by atomic mass is 9.96. The van der Waals surface area contributed by atoms with Crippen LogP contribution < -0.4 is 5.32 Å². The van der Waals surface area contributed by atoms with Crippen molar-refractivity contribution in [1.82, 2.24) is 14.8 Å². The molecule has 1 aliphatic heterocycles. The van der Waals surface area contributed by atoms with E-state index in [1.54, 1.807) is 23.7 Å². The number of benzene rings is 2. The monoisotopic (exact) mass is 454 g/mol. The van der Waals surface area contributed by atoms with E-state index in [-0.39, 0.29) is 12.4 Å². The summed E-state index contributed by atoms with van der Waals surface area (Å²) in [5.74, 6) is 0.386. The minimum absolute atomic E-state index is 0.130. The second-order valence-corrected chi connectivity index (χ2v) is 8.13. The third kappa shape index (κ3) is 4.84. The maximum absolute atomic E-state index is 13.6. The Morgan fingerprint density at radius 1 is 1.16 bits per heavy atom. The molecule has 166 valence electrons. The molecule has 0 radical (unpaired) electrons. The van der Waals surface area contributed by atoms with Crippen molar-refractivity contribution in [2.75, 3.05) is 25.6 Å². The van der Waals surface area contributed by atoms with Gasteiger partial charge in [-0.25, -0.2) is 13.9 Å². The van der Waals surface area contributed by atoms with Crippen LogP contribution in [0.2, 0.25) is 0 Å². The van der Waals surface area contributed by atoms with Gasteiger partial charge in [0.1, 0.15) is 18.5 Å². The average Bonchev–Trinajstić information content (AvgIpc) is 3.20. The first-order valence-corrected chi connectivity index (χ1v) is 11.1. The summed E-state index contributed by atoms with van der Waals surface area (Å²) in [7, 11) is 1.54. The molecule has 1 atom stereocenters. The van der Waals surface area contributed by atoms with Crippen LogP contribution in [0.25, 0.3) is 0 Å². The fourth-order valence-electron chi connectivity index (χ4n) is 3.43. The van der Waals surface area contributed by atoms with Gasteiger partial charge in [0.05, 0.1) is 12.2 Å². The van der Waals surface area contributed by atoms with Crippen molar-refractivity contribution in [3.8, 4) is 0 Å². The minimum Gasteiger partial charge on any atom is -0.460 e. The van der Waals surface area contributed by atoms with E-state index in [0.29, 0.717) is 40.3 Å². The quantitative estimate of drug-likeness (QED) is 0.311. The van der Waals surface area contributed by atoms with Gasteiger partial charge in [-0.3, -0.25) is 0 Å². The molecule has 0 spiro atoms.